The van der Waals surface area contributed by atoms with Crippen molar-refractivity contribution in [2.24, 2.45) is 0 Å². The van der Waals surface area contributed by atoms with E-state index in [1.807, 2.05) is 42.2 Å². The summed E-state index contributed by atoms with van der Waals surface area (Å²) in [6.45, 7) is 5.68. The Labute approximate surface area is 201 Å². The fraction of sp³-hybridized carbons (Fsp3) is 0.222. The van der Waals surface area contributed by atoms with Crippen LogP contribution in [-0.4, -0.2) is 56.8 Å². The van der Waals surface area contributed by atoms with E-state index in [2.05, 4.69) is 33.9 Å². The van der Waals surface area contributed by atoms with E-state index in [0.717, 1.165) is 25.2 Å². The van der Waals surface area contributed by atoms with Gasteiger partial charge in [-0.05, 0) is 48.9 Å². The number of anilines is 1. The molecule has 0 saturated carbocycles. The number of carbonyl (C=O) groups excluding carboxylic acids is 1. The number of rotatable bonds is 7. The molecule has 6 nitrogen and oxygen atoms in total. The van der Waals surface area contributed by atoms with Crippen molar-refractivity contribution in [2.75, 3.05) is 37.4 Å². The fourth-order valence-corrected chi connectivity index (χ4v) is 4.89. The van der Waals surface area contributed by atoms with Gasteiger partial charge in [0.15, 0.2) is 0 Å². The number of amides is 1. The zero-order valence-electron chi connectivity index (χ0n) is 19.2. The van der Waals surface area contributed by atoms with E-state index in [-0.39, 0.29) is 10.8 Å². The molecule has 3 aromatic carbocycles. The Balaban J connectivity index is 1.30. The predicted octanol–water partition coefficient (Wildman–Crippen LogP) is 4.27. The van der Waals surface area contributed by atoms with Crippen LogP contribution in [0.3, 0.4) is 0 Å². The summed E-state index contributed by atoms with van der Waals surface area (Å²) in [6, 6.07) is 23.5. The largest absolute Gasteiger partial charge is 0.336 e. The van der Waals surface area contributed by atoms with Crippen LogP contribution in [0.5, 0.6) is 0 Å². The maximum atomic E-state index is 12.9. The molecule has 0 unspecified atom stereocenters. The Morgan fingerprint density at radius 1 is 0.882 bits per heavy atom. The number of aryl methyl sites for hydroxylation is 1. The van der Waals surface area contributed by atoms with Gasteiger partial charge in [0.05, 0.1) is 4.90 Å². The number of nitrogens with zero attached hydrogens (tertiary/aromatic N) is 2. The number of carbonyl (C=O) groups is 1. The molecule has 1 N–H and O–H groups in total. The van der Waals surface area contributed by atoms with Gasteiger partial charge in [-0.15, -0.1) is 0 Å². The number of hydrogen-bond donors (Lipinski definition) is 1. The minimum Gasteiger partial charge on any atom is -0.336 e. The van der Waals surface area contributed by atoms with Gasteiger partial charge in [-0.1, -0.05) is 60.2 Å². The molecule has 1 aliphatic heterocycles. The van der Waals surface area contributed by atoms with Crippen LogP contribution in [-0.2, 0) is 10.0 Å². The normalized spacial score (nSPS) is 14.9. The Kier molecular flexibility index (Phi) is 7.45. The highest BCUT2D eigenvalue weighted by atomic mass is 32.2. The maximum absolute atomic E-state index is 12.9. The van der Waals surface area contributed by atoms with Gasteiger partial charge in [0, 0.05) is 44.0 Å². The second-order valence-electron chi connectivity index (χ2n) is 8.40. The van der Waals surface area contributed by atoms with Gasteiger partial charge in [-0.2, -0.15) is 0 Å². The van der Waals surface area contributed by atoms with Crippen LogP contribution in [0.2, 0.25) is 0 Å². The number of benzene rings is 3. The first-order chi connectivity index (χ1) is 16.4. The van der Waals surface area contributed by atoms with E-state index in [4.69, 9.17) is 0 Å². The summed E-state index contributed by atoms with van der Waals surface area (Å²) < 4.78 is 27.9. The topological polar surface area (TPSA) is 69.7 Å². The van der Waals surface area contributed by atoms with Crippen molar-refractivity contribution in [3.05, 3.63) is 102 Å². The number of piperazine rings is 1. The average molecular weight is 476 g/mol. The van der Waals surface area contributed by atoms with Gasteiger partial charge < -0.3 is 4.90 Å². The lowest BCUT2D eigenvalue weighted by molar-refractivity contribution is 0.0650. The van der Waals surface area contributed by atoms with Crippen molar-refractivity contribution >= 4 is 27.7 Å². The molecule has 7 heteroatoms. The Bertz CT molecular complexity index is 1230. The molecule has 1 aliphatic rings. The maximum Gasteiger partial charge on any atom is 0.261 e. The summed E-state index contributed by atoms with van der Waals surface area (Å²) in [5, 5.41) is 0. The monoisotopic (exact) mass is 475 g/mol. The van der Waals surface area contributed by atoms with Crippen LogP contribution in [0.25, 0.3) is 6.08 Å². The minimum absolute atomic E-state index is 0.0741. The highest BCUT2D eigenvalue weighted by molar-refractivity contribution is 7.92. The summed E-state index contributed by atoms with van der Waals surface area (Å²) in [5.74, 6) is -0.0741. The number of nitrogens with one attached hydrogen (secondary N) is 1. The van der Waals surface area contributed by atoms with Crippen molar-refractivity contribution in [1.82, 2.24) is 9.80 Å². The summed E-state index contributed by atoms with van der Waals surface area (Å²) in [6.07, 6.45) is 4.26. The first-order valence-electron chi connectivity index (χ1n) is 11.3. The fourth-order valence-electron chi connectivity index (χ4n) is 3.83. The molecule has 3 aromatic rings. The first kappa shape index (κ1) is 23.7. The molecule has 1 heterocycles. The molecule has 1 fully saturated rings. The quantitative estimate of drug-likeness (QED) is 0.554. The lowest BCUT2D eigenvalue weighted by Crippen LogP contribution is -2.48. The van der Waals surface area contributed by atoms with Gasteiger partial charge in [0.1, 0.15) is 0 Å². The Hall–Kier alpha value is -3.42. The van der Waals surface area contributed by atoms with Crippen molar-refractivity contribution in [2.45, 2.75) is 11.8 Å². The van der Waals surface area contributed by atoms with Crippen LogP contribution in [0.4, 0.5) is 5.69 Å². The molecule has 0 bridgehead atoms. The first-order valence-corrected chi connectivity index (χ1v) is 12.8. The summed E-state index contributed by atoms with van der Waals surface area (Å²) in [5.41, 5.74) is 3.22. The van der Waals surface area contributed by atoms with Crippen molar-refractivity contribution in [1.29, 1.82) is 0 Å². The zero-order valence-corrected chi connectivity index (χ0v) is 20.0. The second kappa shape index (κ2) is 10.7. The molecule has 0 aromatic heterocycles. The Morgan fingerprint density at radius 2 is 1.53 bits per heavy atom. The molecule has 1 saturated heterocycles. The van der Waals surface area contributed by atoms with Crippen LogP contribution >= 0.6 is 0 Å². The summed E-state index contributed by atoms with van der Waals surface area (Å²) in [7, 11) is -3.72. The van der Waals surface area contributed by atoms with Gasteiger partial charge in [0.25, 0.3) is 15.9 Å². The molecular weight excluding hydrogens is 446 g/mol. The highest BCUT2D eigenvalue weighted by Gasteiger charge is 2.22. The van der Waals surface area contributed by atoms with Crippen molar-refractivity contribution in [3.63, 3.8) is 0 Å². The molecule has 0 atom stereocenters. The van der Waals surface area contributed by atoms with Gasteiger partial charge in [0.2, 0.25) is 0 Å². The summed E-state index contributed by atoms with van der Waals surface area (Å²) >= 11 is 0. The molecule has 34 heavy (non-hydrogen) atoms. The molecular formula is C27H29N3O3S. The molecule has 0 aliphatic carbocycles. The predicted molar refractivity (Wildman–Crippen MR) is 136 cm³/mol. The minimum atomic E-state index is -3.72. The number of sulfonamides is 1. The van der Waals surface area contributed by atoms with Gasteiger partial charge in [-0.3, -0.25) is 14.4 Å². The van der Waals surface area contributed by atoms with Crippen LogP contribution in [0, 0.1) is 6.92 Å². The molecule has 0 radical (unpaired) electrons. The third kappa shape index (κ3) is 6.12. The van der Waals surface area contributed by atoms with Crippen LogP contribution < -0.4 is 4.72 Å². The lowest BCUT2D eigenvalue weighted by atomic mass is 10.2. The van der Waals surface area contributed by atoms with Gasteiger partial charge in [-0.25, -0.2) is 8.42 Å². The van der Waals surface area contributed by atoms with Crippen molar-refractivity contribution in [3.8, 4) is 0 Å². The molecule has 4 rings (SSSR count). The average Bonchev–Trinajstić information content (AvgIpc) is 2.86. The third-order valence-corrected chi connectivity index (χ3v) is 7.25. The highest BCUT2D eigenvalue weighted by Crippen LogP contribution is 2.18. The van der Waals surface area contributed by atoms with E-state index in [1.54, 1.807) is 24.3 Å². The summed E-state index contributed by atoms with van der Waals surface area (Å²) in [4.78, 5) is 17.2. The van der Waals surface area contributed by atoms with Crippen LogP contribution in [0.1, 0.15) is 21.5 Å². The Morgan fingerprint density at radius 3 is 2.18 bits per heavy atom. The van der Waals surface area contributed by atoms with E-state index < -0.39 is 10.0 Å². The van der Waals surface area contributed by atoms with E-state index in [1.165, 1.54) is 17.7 Å². The van der Waals surface area contributed by atoms with E-state index in [9.17, 15) is 13.2 Å². The van der Waals surface area contributed by atoms with Gasteiger partial charge >= 0.3 is 0 Å². The number of hydrogen-bond acceptors (Lipinski definition) is 4. The molecule has 0 spiro atoms. The third-order valence-electron chi connectivity index (χ3n) is 5.85. The smallest absolute Gasteiger partial charge is 0.261 e. The van der Waals surface area contributed by atoms with E-state index in [0.29, 0.717) is 24.3 Å². The lowest BCUT2D eigenvalue weighted by Gasteiger charge is -2.34. The molecule has 176 valence electrons. The van der Waals surface area contributed by atoms with Crippen molar-refractivity contribution < 1.29 is 13.2 Å². The van der Waals surface area contributed by atoms with Crippen LogP contribution in [0.15, 0.2) is 89.8 Å². The molecule has 1 amide bonds. The van der Waals surface area contributed by atoms with E-state index >= 15 is 0 Å². The SMILES string of the molecule is Cc1ccc(NS(=O)(=O)c2ccc(C(=O)N3CCN(C/C=C/c4ccccc4)CC3)cc2)cc1. The zero-order chi connectivity index (χ0) is 24.0. The standard InChI is InChI=1S/C27H29N3O3S/c1-22-9-13-25(14-10-22)28-34(32,33)26-15-11-24(12-16-26)27(31)30-20-18-29(19-21-30)17-5-8-23-6-3-2-4-7-23/h2-16,28H,17-21H2,1H3/b8-5+. The second-order valence-corrected chi connectivity index (χ2v) is 10.1.